The molecule has 0 aromatic heterocycles. The lowest BCUT2D eigenvalue weighted by molar-refractivity contribution is 0.843. The third kappa shape index (κ3) is 7.81. The zero-order chi connectivity index (χ0) is 14.1. The number of nitrogens with zero attached hydrogens (tertiary/aromatic N) is 1. The van der Waals surface area contributed by atoms with Gasteiger partial charge in [0, 0.05) is 28.9 Å². The summed E-state index contributed by atoms with van der Waals surface area (Å²) in [5, 5.41) is 7.77. The van der Waals surface area contributed by atoms with Gasteiger partial charge in [-0.25, -0.2) is 4.99 Å². The van der Waals surface area contributed by atoms with E-state index in [1.54, 1.807) is 17.8 Å². The van der Waals surface area contributed by atoms with Crippen molar-refractivity contribution in [2.45, 2.75) is 13.5 Å². The maximum Gasteiger partial charge on any atom is 0.191 e. The Hall–Kier alpha value is 0.150. The van der Waals surface area contributed by atoms with Crippen LogP contribution < -0.4 is 10.6 Å². The van der Waals surface area contributed by atoms with Gasteiger partial charge < -0.3 is 10.6 Å². The van der Waals surface area contributed by atoms with Crippen molar-refractivity contribution in [2.24, 2.45) is 4.99 Å². The van der Waals surface area contributed by atoms with Crippen LogP contribution in [0.2, 0.25) is 10.0 Å². The molecule has 3 nitrogen and oxygen atoms in total. The van der Waals surface area contributed by atoms with Gasteiger partial charge in [0.1, 0.15) is 0 Å². The molecule has 0 atom stereocenters. The van der Waals surface area contributed by atoms with Gasteiger partial charge in [-0.15, -0.1) is 24.0 Å². The van der Waals surface area contributed by atoms with Crippen molar-refractivity contribution in [3.8, 4) is 0 Å². The highest BCUT2D eigenvalue weighted by molar-refractivity contribution is 14.0. The van der Waals surface area contributed by atoms with Crippen molar-refractivity contribution in [1.82, 2.24) is 10.6 Å². The first kappa shape index (κ1) is 20.1. The Morgan fingerprint density at radius 3 is 2.65 bits per heavy atom. The lowest BCUT2D eigenvalue weighted by Gasteiger charge is -2.11. The first-order valence-electron chi connectivity index (χ1n) is 6.12. The van der Waals surface area contributed by atoms with Gasteiger partial charge >= 0.3 is 0 Å². The predicted octanol–water partition coefficient (Wildman–Crippen LogP) is 4.03. The summed E-state index contributed by atoms with van der Waals surface area (Å²) in [6.45, 7) is 4.30. The second kappa shape index (κ2) is 11.8. The molecule has 0 radical (unpaired) electrons. The summed E-state index contributed by atoms with van der Waals surface area (Å²) in [6, 6.07) is 5.47. The summed E-state index contributed by atoms with van der Waals surface area (Å²) in [5.41, 5.74) is 0.966. The summed E-state index contributed by atoms with van der Waals surface area (Å²) in [7, 11) is 0. The standard InChI is InChI=1S/C13H19Cl2N3S.HI/c1-3-16-13(17-6-7-19-2)18-9-10-4-5-11(14)8-12(10)15;/h4-5,8H,3,6-7,9H2,1-2H3,(H2,16,17,18);1H. The monoisotopic (exact) mass is 447 g/mol. The fourth-order valence-electron chi connectivity index (χ4n) is 1.43. The number of aliphatic imine (C=N–C) groups is 1. The molecule has 0 fully saturated rings. The van der Waals surface area contributed by atoms with E-state index in [1.807, 2.05) is 19.1 Å². The molecule has 1 aromatic rings. The molecule has 0 bridgehead atoms. The number of rotatable bonds is 6. The van der Waals surface area contributed by atoms with E-state index in [0.717, 1.165) is 30.4 Å². The minimum Gasteiger partial charge on any atom is -0.357 e. The molecule has 0 unspecified atom stereocenters. The van der Waals surface area contributed by atoms with Crippen LogP contribution in [-0.2, 0) is 6.54 Å². The van der Waals surface area contributed by atoms with Crippen molar-refractivity contribution in [3.05, 3.63) is 33.8 Å². The van der Waals surface area contributed by atoms with Crippen molar-refractivity contribution < 1.29 is 0 Å². The maximum absolute atomic E-state index is 6.12. The van der Waals surface area contributed by atoms with Crippen molar-refractivity contribution in [2.75, 3.05) is 25.1 Å². The largest absolute Gasteiger partial charge is 0.357 e. The number of guanidine groups is 1. The zero-order valence-corrected chi connectivity index (χ0v) is 16.2. The third-order valence-electron chi connectivity index (χ3n) is 2.37. The van der Waals surface area contributed by atoms with E-state index in [-0.39, 0.29) is 24.0 Å². The number of nitrogens with one attached hydrogen (secondary N) is 2. The lowest BCUT2D eigenvalue weighted by Crippen LogP contribution is -2.38. The first-order valence-corrected chi connectivity index (χ1v) is 8.27. The lowest BCUT2D eigenvalue weighted by atomic mass is 10.2. The molecule has 0 saturated heterocycles. The Kier molecular flexibility index (Phi) is 11.9. The van der Waals surface area contributed by atoms with E-state index in [4.69, 9.17) is 23.2 Å². The fourth-order valence-corrected chi connectivity index (χ4v) is 2.20. The minimum atomic E-state index is 0. The van der Waals surface area contributed by atoms with Crippen LogP contribution in [0.3, 0.4) is 0 Å². The van der Waals surface area contributed by atoms with E-state index in [1.165, 1.54) is 0 Å². The Balaban J connectivity index is 0.00000361. The van der Waals surface area contributed by atoms with Gasteiger partial charge in [-0.2, -0.15) is 11.8 Å². The molecule has 0 saturated carbocycles. The molecule has 0 aliphatic heterocycles. The zero-order valence-electron chi connectivity index (χ0n) is 11.6. The summed E-state index contributed by atoms with van der Waals surface area (Å²) in [4.78, 5) is 4.50. The quantitative estimate of drug-likeness (QED) is 0.299. The smallest absolute Gasteiger partial charge is 0.191 e. The van der Waals surface area contributed by atoms with Crippen LogP contribution in [0.1, 0.15) is 12.5 Å². The second-order valence-corrected chi connectivity index (χ2v) is 5.68. The van der Waals surface area contributed by atoms with E-state index in [0.29, 0.717) is 16.6 Å². The van der Waals surface area contributed by atoms with E-state index < -0.39 is 0 Å². The van der Waals surface area contributed by atoms with Gasteiger partial charge in [0.25, 0.3) is 0 Å². The minimum absolute atomic E-state index is 0. The van der Waals surface area contributed by atoms with Crippen LogP contribution >= 0.6 is 58.9 Å². The fraction of sp³-hybridized carbons (Fsp3) is 0.462. The summed E-state index contributed by atoms with van der Waals surface area (Å²) < 4.78 is 0. The van der Waals surface area contributed by atoms with Gasteiger partial charge in [-0.1, -0.05) is 29.3 Å². The molecule has 0 heterocycles. The van der Waals surface area contributed by atoms with Crippen LogP contribution in [0.15, 0.2) is 23.2 Å². The molecule has 20 heavy (non-hydrogen) atoms. The van der Waals surface area contributed by atoms with Gasteiger partial charge in [-0.3, -0.25) is 0 Å². The number of thioether (sulfide) groups is 1. The van der Waals surface area contributed by atoms with Crippen LogP contribution in [0.5, 0.6) is 0 Å². The summed E-state index contributed by atoms with van der Waals surface area (Å²) in [6.07, 6.45) is 2.08. The highest BCUT2D eigenvalue weighted by atomic mass is 127. The summed E-state index contributed by atoms with van der Waals surface area (Å²) in [5.74, 6) is 1.86. The highest BCUT2D eigenvalue weighted by Gasteiger charge is 2.02. The molecular formula is C13H20Cl2IN3S. The van der Waals surface area contributed by atoms with Crippen molar-refractivity contribution in [3.63, 3.8) is 0 Å². The SMILES string of the molecule is CCNC(=NCc1ccc(Cl)cc1Cl)NCCSC.I. The highest BCUT2D eigenvalue weighted by Crippen LogP contribution is 2.21. The van der Waals surface area contributed by atoms with Gasteiger partial charge in [-0.05, 0) is 30.9 Å². The third-order valence-corrected chi connectivity index (χ3v) is 3.56. The molecule has 1 rings (SSSR count). The Morgan fingerprint density at radius 1 is 1.30 bits per heavy atom. The Bertz CT molecular complexity index is 430. The van der Waals surface area contributed by atoms with Crippen LogP contribution in [0, 0.1) is 0 Å². The van der Waals surface area contributed by atoms with Crippen molar-refractivity contribution >= 4 is 64.9 Å². The molecule has 2 N–H and O–H groups in total. The van der Waals surface area contributed by atoms with Crippen LogP contribution in [0.4, 0.5) is 0 Å². The van der Waals surface area contributed by atoms with Crippen molar-refractivity contribution in [1.29, 1.82) is 0 Å². The first-order chi connectivity index (χ1) is 9.17. The maximum atomic E-state index is 6.12. The molecule has 0 spiro atoms. The van der Waals surface area contributed by atoms with E-state index in [2.05, 4.69) is 21.9 Å². The Morgan fingerprint density at radius 2 is 2.05 bits per heavy atom. The molecule has 0 aliphatic carbocycles. The number of halogens is 3. The number of hydrogen-bond acceptors (Lipinski definition) is 2. The normalized spacial score (nSPS) is 10.9. The molecule has 1 aromatic carbocycles. The van der Waals surface area contributed by atoms with Crippen LogP contribution in [-0.4, -0.2) is 31.1 Å². The molecule has 0 amide bonds. The molecule has 7 heteroatoms. The van der Waals surface area contributed by atoms with E-state index >= 15 is 0 Å². The topological polar surface area (TPSA) is 36.4 Å². The second-order valence-electron chi connectivity index (χ2n) is 3.85. The van der Waals surface area contributed by atoms with Gasteiger partial charge in [0.2, 0.25) is 0 Å². The molecule has 0 aliphatic rings. The molecule has 114 valence electrons. The summed E-state index contributed by atoms with van der Waals surface area (Å²) >= 11 is 13.8. The van der Waals surface area contributed by atoms with E-state index in [9.17, 15) is 0 Å². The number of hydrogen-bond donors (Lipinski definition) is 2. The Labute approximate surface area is 152 Å². The number of benzene rings is 1. The van der Waals surface area contributed by atoms with Gasteiger partial charge in [0.15, 0.2) is 5.96 Å². The predicted molar refractivity (Wildman–Crippen MR) is 103 cm³/mol. The average Bonchev–Trinajstić information content (AvgIpc) is 2.37. The van der Waals surface area contributed by atoms with Gasteiger partial charge in [0.05, 0.1) is 6.54 Å². The molecular weight excluding hydrogens is 428 g/mol. The van der Waals surface area contributed by atoms with Crippen LogP contribution in [0.25, 0.3) is 0 Å². The average molecular weight is 448 g/mol.